The molecule has 40 heavy (non-hydrogen) atoms. The van der Waals surface area contributed by atoms with E-state index in [0.29, 0.717) is 5.95 Å². The molecule has 0 spiro atoms. The average Bonchev–Trinajstić information content (AvgIpc) is 3.44. The Morgan fingerprint density at radius 3 is 2.27 bits per heavy atom. The molecule has 3 aliphatic rings. The number of fused-ring (bicyclic) bond motifs is 3. The number of aromatic nitrogens is 2. The number of rotatable bonds is 10. The molecule has 0 radical (unpaired) electrons. The van der Waals surface area contributed by atoms with Crippen molar-refractivity contribution in [2.24, 2.45) is 0 Å². The maximum Gasteiger partial charge on any atom is 0.228 e. The number of nitrogens with zero attached hydrogens (tertiary/aromatic N) is 4. The number of benzene rings is 2. The predicted octanol–water partition coefficient (Wildman–Crippen LogP) is 5.83. The Morgan fingerprint density at radius 2 is 1.52 bits per heavy atom. The molecule has 0 bridgehead atoms. The number of aryl methyl sites for hydroxylation is 2. The van der Waals surface area contributed by atoms with Gasteiger partial charge in [-0.3, -0.25) is 4.79 Å². The summed E-state index contributed by atoms with van der Waals surface area (Å²) in [4.78, 5) is 27.3. The molecular weight excluding hydrogens is 496 g/mol. The van der Waals surface area contributed by atoms with Crippen LogP contribution in [-0.2, 0) is 24.1 Å². The van der Waals surface area contributed by atoms with E-state index in [1.165, 1.54) is 82.4 Å². The molecule has 0 atom stereocenters. The molecular formula is C33H42N6O. The van der Waals surface area contributed by atoms with Crippen molar-refractivity contribution in [1.29, 1.82) is 0 Å². The lowest BCUT2D eigenvalue weighted by Crippen LogP contribution is -2.30. The van der Waals surface area contributed by atoms with Gasteiger partial charge in [0.2, 0.25) is 11.9 Å². The largest absolute Gasteiger partial charge is 0.325 e. The van der Waals surface area contributed by atoms with Crippen molar-refractivity contribution < 1.29 is 4.79 Å². The molecule has 4 heterocycles. The summed E-state index contributed by atoms with van der Waals surface area (Å²) in [6, 6.07) is 15.0. The van der Waals surface area contributed by atoms with Crippen LogP contribution < -0.4 is 10.6 Å². The van der Waals surface area contributed by atoms with Gasteiger partial charge in [-0.2, -0.15) is 0 Å². The average molecular weight is 539 g/mol. The van der Waals surface area contributed by atoms with Crippen LogP contribution in [0.25, 0.3) is 11.3 Å². The van der Waals surface area contributed by atoms with Crippen LogP contribution in [0.3, 0.4) is 0 Å². The highest BCUT2D eigenvalue weighted by Crippen LogP contribution is 2.34. The lowest BCUT2D eigenvalue weighted by Gasteiger charge is -2.26. The van der Waals surface area contributed by atoms with E-state index < -0.39 is 0 Å². The van der Waals surface area contributed by atoms with Gasteiger partial charge in [0.15, 0.2) is 0 Å². The number of amides is 1. The second kappa shape index (κ2) is 12.9. The first kappa shape index (κ1) is 26.9. The predicted molar refractivity (Wildman–Crippen MR) is 162 cm³/mol. The molecule has 210 valence electrons. The minimum atomic E-state index is -0.0247. The van der Waals surface area contributed by atoms with Crippen LogP contribution in [0.2, 0.25) is 0 Å². The van der Waals surface area contributed by atoms with Crippen LogP contribution >= 0.6 is 0 Å². The number of nitrogens with one attached hydrogen (secondary N) is 2. The molecule has 0 unspecified atom stereocenters. The van der Waals surface area contributed by atoms with E-state index in [0.717, 1.165) is 54.0 Å². The Bertz CT molecular complexity index is 1310. The highest BCUT2D eigenvalue weighted by atomic mass is 16.1. The summed E-state index contributed by atoms with van der Waals surface area (Å²) in [7, 11) is 0. The van der Waals surface area contributed by atoms with Crippen molar-refractivity contribution in [2.75, 3.05) is 49.9 Å². The SMILES string of the molecule is O=C1Cc2cnc(Nc3cccc(CCCN4CCCCC4)c3)nc2-c2cc(CCCN3CCCC3)ccc2N1. The van der Waals surface area contributed by atoms with Crippen molar-refractivity contribution in [3.8, 4) is 11.3 Å². The standard InChI is InChI=1S/C33H42N6O/c40-31-23-27-24-34-33(35-28-12-6-9-25(21-28)10-7-19-38-15-2-1-3-16-38)37-32(27)29-22-26(13-14-30(29)36-31)11-8-20-39-17-4-5-18-39/h6,9,12-14,21-22,24H,1-5,7-8,10-11,15-20,23H2,(H,36,40)(H,34,35,37). The van der Waals surface area contributed by atoms with Gasteiger partial charge >= 0.3 is 0 Å². The molecule has 2 N–H and O–H groups in total. The summed E-state index contributed by atoms with van der Waals surface area (Å²) in [5.74, 6) is 0.535. The molecule has 2 fully saturated rings. The molecule has 1 aromatic heterocycles. The fraction of sp³-hybridized carbons (Fsp3) is 0.485. The van der Waals surface area contributed by atoms with E-state index in [1.54, 1.807) is 0 Å². The second-order valence-electron chi connectivity index (χ2n) is 11.7. The zero-order valence-electron chi connectivity index (χ0n) is 23.6. The number of hydrogen-bond donors (Lipinski definition) is 2. The summed E-state index contributed by atoms with van der Waals surface area (Å²) < 4.78 is 0. The van der Waals surface area contributed by atoms with Crippen LogP contribution in [0.4, 0.5) is 17.3 Å². The van der Waals surface area contributed by atoms with Crippen LogP contribution in [-0.4, -0.2) is 64.9 Å². The Labute approximate surface area is 238 Å². The lowest BCUT2D eigenvalue weighted by atomic mass is 10.00. The van der Waals surface area contributed by atoms with E-state index in [9.17, 15) is 4.79 Å². The van der Waals surface area contributed by atoms with Gasteiger partial charge in [0.25, 0.3) is 0 Å². The van der Waals surface area contributed by atoms with Crippen molar-refractivity contribution in [3.05, 3.63) is 65.4 Å². The van der Waals surface area contributed by atoms with Gasteiger partial charge in [-0.05, 0) is 126 Å². The molecule has 0 aliphatic carbocycles. The number of anilines is 3. The Hall–Kier alpha value is -3.29. The van der Waals surface area contributed by atoms with Gasteiger partial charge in [0, 0.05) is 23.0 Å². The van der Waals surface area contributed by atoms with Crippen LogP contribution in [0, 0.1) is 0 Å². The van der Waals surface area contributed by atoms with Gasteiger partial charge < -0.3 is 20.4 Å². The Kier molecular flexibility index (Phi) is 8.69. The van der Waals surface area contributed by atoms with Crippen molar-refractivity contribution >= 4 is 23.2 Å². The third-order valence-electron chi connectivity index (χ3n) is 8.54. The summed E-state index contributed by atoms with van der Waals surface area (Å²) in [6.45, 7) is 7.30. The minimum Gasteiger partial charge on any atom is -0.325 e. The molecule has 7 heteroatoms. The van der Waals surface area contributed by atoms with Crippen LogP contribution in [0.5, 0.6) is 0 Å². The van der Waals surface area contributed by atoms with Gasteiger partial charge in [0.1, 0.15) is 0 Å². The zero-order chi connectivity index (χ0) is 27.1. The van der Waals surface area contributed by atoms with Crippen LogP contribution in [0.15, 0.2) is 48.7 Å². The zero-order valence-corrected chi connectivity index (χ0v) is 23.6. The number of carbonyl (C=O) groups excluding carboxylic acids is 1. The smallest absolute Gasteiger partial charge is 0.228 e. The summed E-state index contributed by atoms with van der Waals surface area (Å²) in [5, 5.41) is 6.51. The number of carbonyl (C=O) groups is 1. The quantitative estimate of drug-likeness (QED) is 0.338. The van der Waals surface area contributed by atoms with E-state index >= 15 is 0 Å². The highest BCUT2D eigenvalue weighted by molar-refractivity contribution is 6.00. The molecule has 0 saturated carbocycles. The first-order valence-corrected chi connectivity index (χ1v) is 15.3. The third-order valence-corrected chi connectivity index (χ3v) is 8.54. The van der Waals surface area contributed by atoms with E-state index in [1.807, 2.05) is 12.3 Å². The minimum absolute atomic E-state index is 0.0247. The van der Waals surface area contributed by atoms with Crippen molar-refractivity contribution in [2.45, 2.75) is 64.2 Å². The molecule has 2 saturated heterocycles. The number of piperidine rings is 1. The van der Waals surface area contributed by atoms with E-state index in [-0.39, 0.29) is 12.3 Å². The van der Waals surface area contributed by atoms with Crippen molar-refractivity contribution in [3.63, 3.8) is 0 Å². The van der Waals surface area contributed by atoms with Crippen molar-refractivity contribution in [1.82, 2.24) is 19.8 Å². The molecule has 7 nitrogen and oxygen atoms in total. The first-order valence-electron chi connectivity index (χ1n) is 15.3. The molecule has 3 aliphatic heterocycles. The highest BCUT2D eigenvalue weighted by Gasteiger charge is 2.22. The number of likely N-dealkylation sites (tertiary alicyclic amines) is 2. The molecule has 6 rings (SSSR count). The monoisotopic (exact) mass is 538 g/mol. The maximum atomic E-state index is 12.6. The first-order chi connectivity index (χ1) is 19.7. The summed E-state index contributed by atoms with van der Waals surface area (Å²) in [6.07, 6.45) is 13.2. The summed E-state index contributed by atoms with van der Waals surface area (Å²) >= 11 is 0. The fourth-order valence-corrected chi connectivity index (χ4v) is 6.39. The third kappa shape index (κ3) is 6.88. The van der Waals surface area contributed by atoms with Crippen LogP contribution in [0.1, 0.15) is 61.6 Å². The van der Waals surface area contributed by atoms with Gasteiger partial charge in [-0.25, -0.2) is 9.97 Å². The lowest BCUT2D eigenvalue weighted by molar-refractivity contribution is -0.115. The molecule has 3 aromatic rings. The summed E-state index contributed by atoms with van der Waals surface area (Å²) in [5.41, 5.74) is 7.12. The van der Waals surface area contributed by atoms with Gasteiger partial charge in [0.05, 0.1) is 17.8 Å². The van der Waals surface area contributed by atoms with E-state index in [2.05, 4.69) is 61.8 Å². The normalized spacial score (nSPS) is 17.6. The van der Waals surface area contributed by atoms with Gasteiger partial charge in [-0.1, -0.05) is 24.6 Å². The topological polar surface area (TPSA) is 73.4 Å². The molecule has 1 amide bonds. The molecule has 2 aromatic carbocycles. The fourth-order valence-electron chi connectivity index (χ4n) is 6.39. The number of hydrogen-bond acceptors (Lipinski definition) is 6. The van der Waals surface area contributed by atoms with Gasteiger partial charge in [-0.15, -0.1) is 0 Å². The Balaban J connectivity index is 1.15. The second-order valence-corrected chi connectivity index (χ2v) is 11.7. The Morgan fingerprint density at radius 1 is 0.825 bits per heavy atom. The maximum absolute atomic E-state index is 12.6. The van der Waals surface area contributed by atoms with E-state index in [4.69, 9.17) is 4.98 Å².